The van der Waals surface area contributed by atoms with Gasteiger partial charge >= 0.3 is 0 Å². The van der Waals surface area contributed by atoms with E-state index in [2.05, 4.69) is 13.0 Å². The van der Waals surface area contributed by atoms with Crippen molar-refractivity contribution in [3.05, 3.63) is 22.8 Å². The molecule has 0 bridgehead atoms. The van der Waals surface area contributed by atoms with Gasteiger partial charge in [0.1, 0.15) is 0 Å². The van der Waals surface area contributed by atoms with E-state index in [-0.39, 0.29) is 11.2 Å². The molecule has 66 valence electrons. The number of carbonyl (C=O) groups excluding carboxylic acids is 1. The fourth-order valence-electron chi connectivity index (χ4n) is 1.66. The number of ketones is 1. The van der Waals surface area contributed by atoms with Crippen LogP contribution in [0.3, 0.4) is 0 Å². The summed E-state index contributed by atoms with van der Waals surface area (Å²) in [6.07, 6.45) is 2.05. The molecule has 0 spiro atoms. The molecule has 0 aliphatic heterocycles. The average Bonchev–Trinajstić information content (AvgIpc) is 1.97. The predicted octanol–water partition coefficient (Wildman–Crippen LogP) is 2.88. The lowest BCUT2D eigenvalue weighted by Crippen LogP contribution is -2.26. The fourth-order valence-corrected chi connectivity index (χ4v) is 1.66. The van der Waals surface area contributed by atoms with Crippen LogP contribution in [0.2, 0.25) is 0 Å². The van der Waals surface area contributed by atoms with E-state index in [1.807, 2.05) is 27.7 Å². The normalized spacial score (nSPS) is 22.8. The standard InChI is InChI=1S/C11H16O/c1-7-6-11(4,5)10(12)9(3)8(7)2/h6H,1-5H3. The third-order valence-electron chi connectivity index (χ3n) is 2.66. The van der Waals surface area contributed by atoms with E-state index in [1.165, 1.54) is 5.57 Å². The van der Waals surface area contributed by atoms with E-state index < -0.39 is 0 Å². The largest absolute Gasteiger partial charge is 0.294 e. The molecule has 0 saturated carbocycles. The van der Waals surface area contributed by atoms with Gasteiger partial charge in [-0.25, -0.2) is 0 Å². The first-order chi connectivity index (χ1) is 5.36. The van der Waals surface area contributed by atoms with Gasteiger partial charge in [0, 0.05) is 5.41 Å². The summed E-state index contributed by atoms with van der Waals surface area (Å²) in [4.78, 5) is 11.7. The Morgan fingerprint density at radius 3 is 2.08 bits per heavy atom. The Morgan fingerprint density at radius 1 is 1.08 bits per heavy atom. The van der Waals surface area contributed by atoms with E-state index in [4.69, 9.17) is 0 Å². The highest BCUT2D eigenvalue weighted by atomic mass is 16.1. The average molecular weight is 164 g/mol. The van der Waals surface area contributed by atoms with Crippen LogP contribution in [0.25, 0.3) is 0 Å². The molecule has 1 heteroatoms. The van der Waals surface area contributed by atoms with Gasteiger partial charge in [-0.2, -0.15) is 0 Å². The quantitative estimate of drug-likeness (QED) is 0.538. The summed E-state index contributed by atoms with van der Waals surface area (Å²) in [6.45, 7) is 9.92. The molecule has 0 aromatic rings. The molecule has 0 N–H and O–H groups in total. The molecule has 0 fully saturated rings. The van der Waals surface area contributed by atoms with E-state index in [1.54, 1.807) is 0 Å². The third-order valence-corrected chi connectivity index (χ3v) is 2.66. The minimum atomic E-state index is -0.298. The van der Waals surface area contributed by atoms with Gasteiger partial charge < -0.3 is 0 Å². The summed E-state index contributed by atoms with van der Waals surface area (Å²) >= 11 is 0. The maximum Gasteiger partial charge on any atom is 0.168 e. The van der Waals surface area contributed by atoms with Gasteiger partial charge in [-0.3, -0.25) is 4.79 Å². The first-order valence-electron chi connectivity index (χ1n) is 4.28. The zero-order valence-corrected chi connectivity index (χ0v) is 8.49. The van der Waals surface area contributed by atoms with Crippen molar-refractivity contribution >= 4 is 5.78 Å². The van der Waals surface area contributed by atoms with Crippen molar-refractivity contribution in [2.45, 2.75) is 34.6 Å². The van der Waals surface area contributed by atoms with Gasteiger partial charge in [-0.1, -0.05) is 11.6 Å². The highest BCUT2D eigenvalue weighted by Crippen LogP contribution is 2.33. The molecular weight excluding hydrogens is 148 g/mol. The molecule has 1 rings (SSSR count). The van der Waals surface area contributed by atoms with Crippen LogP contribution in [0.15, 0.2) is 22.8 Å². The Labute approximate surface area is 74.2 Å². The summed E-state index contributed by atoms with van der Waals surface area (Å²) in [7, 11) is 0. The molecule has 12 heavy (non-hydrogen) atoms. The Kier molecular flexibility index (Phi) is 1.99. The lowest BCUT2D eigenvalue weighted by Gasteiger charge is -2.26. The van der Waals surface area contributed by atoms with Gasteiger partial charge in [0.15, 0.2) is 5.78 Å². The zero-order valence-electron chi connectivity index (χ0n) is 8.49. The van der Waals surface area contributed by atoms with Crippen LogP contribution in [0.1, 0.15) is 34.6 Å². The Balaban J connectivity index is 3.24. The molecule has 1 aliphatic carbocycles. The Hall–Kier alpha value is -0.850. The van der Waals surface area contributed by atoms with Crippen LogP contribution in [0.4, 0.5) is 0 Å². The number of Topliss-reactive ketones (excluding diaryl/α,β-unsaturated/α-hetero) is 1. The summed E-state index contributed by atoms with van der Waals surface area (Å²) in [5.41, 5.74) is 2.99. The van der Waals surface area contributed by atoms with E-state index in [0.717, 1.165) is 11.1 Å². The second kappa shape index (κ2) is 2.58. The first kappa shape index (κ1) is 9.24. The summed E-state index contributed by atoms with van der Waals surface area (Å²) < 4.78 is 0. The zero-order chi connectivity index (χ0) is 9.52. The number of rotatable bonds is 0. The maximum atomic E-state index is 11.7. The molecule has 0 unspecified atom stereocenters. The summed E-state index contributed by atoms with van der Waals surface area (Å²) in [6, 6.07) is 0. The molecule has 1 aliphatic rings. The van der Waals surface area contributed by atoms with Crippen molar-refractivity contribution in [1.82, 2.24) is 0 Å². The highest BCUT2D eigenvalue weighted by Gasteiger charge is 2.30. The molecule has 0 saturated heterocycles. The minimum Gasteiger partial charge on any atom is -0.294 e. The summed E-state index contributed by atoms with van der Waals surface area (Å²) in [5.74, 6) is 0.255. The van der Waals surface area contributed by atoms with Crippen molar-refractivity contribution in [2.24, 2.45) is 5.41 Å². The second-order valence-electron chi connectivity index (χ2n) is 4.13. The van der Waals surface area contributed by atoms with E-state index >= 15 is 0 Å². The lowest BCUT2D eigenvalue weighted by atomic mass is 9.76. The molecule has 0 atom stereocenters. The molecule has 0 radical (unpaired) electrons. The van der Waals surface area contributed by atoms with Crippen LogP contribution in [-0.2, 0) is 4.79 Å². The van der Waals surface area contributed by atoms with Crippen molar-refractivity contribution in [3.63, 3.8) is 0 Å². The van der Waals surface area contributed by atoms with Gasteiger partial charge in [-0.05, 0) is 45.8 Å². The van der Waals surface area contributed by atoms with Gasteiger partial charge in [0.25, 0.3) is 0 Å². The minimum absolute atomic E-state index is 0.255. The summed E-state index contributed by atoms with van der Waals surface area (Å²) in [5, 5.41) is 0. The van der Waals surface area contributed by atoms with Gasteiger partial charge in [0.05, 0.1) is 0 Å². The van der Waals surface area contributed by atoms with Crippen LogP contribution in [0.5, 0.6) is 0 Å². The topological polar surface area (TPSA) is 17.1 Å². The SMILES string of the molecule is CC1=CC(C)(C)C(=O)C(C)=C1C. The number of carbonyl (C=O) groups is 1. The molecular formula is C11H16O. The van der Waals surface area contributed by atoms with Gasteiger partial charge in [0.2, 0.25) is 0 Å². The fraction of sp³-hybridized carbons (Fsp3) is 0.545. The van der Waals surface area contributed by atoms with Crippen LogP contribution in [-0.4, -0.2) is 5.78 Å². The van der Waals surface area contributed by atoms with Crippen molar-refractivity contribution in [1.29, 1.82) is 0 Å². The predicted molar refractivity (Wildman–Crippen MR) is 50.9 cm³/mol. The van der Waals surface area contributed by atoms with Crippen molar-refractivity contribution in [2.75, 3.05) is 0 Å². The number of hydrogen-bond acceptors (Lipinski definition) is 1. The van der Waals surface area contributed by atoms with Crippen LogP contribution < -0.4 is 0 Å². The molecule has 0 aromatic heterocycles. The number of hydrogen-bond donors (Lipinski definition) is 0. The Morgan fingerprint density at radius 2 is 1.58 bits per heavy atom. The molecule has 0 heterocycles. The first-order valence-corrected chi connectivity index (χ1v) is 4.28. The maximum absolute atomic E-state index is 11.7. The highest BCUT2D eigenvalue weighted by molar-refractivity contribution is 6.02. The number of allylic oxidation sites excluding steroid dienone is 4. The van der Waals surface area contributed by atoms with E-state index in [0.29, 0.717) is 0 Å². The molecule has 0 aromatic carbocycles. The van der Waals surface area contributed by atoms with E-state index in [9.17, 15) is 4.79 Å². The smallest absolute Gasteiger partial charge is 0.168 e. The lowest BCUT2D eigenvalue weighted by molar-refractivity contribution is -0.121. The third kappa shape index (κ3) is 1.24. The molecule has 1 nitrogen and oxygen atoms in total. The van der Waals surface area contributed by atoms with Crippen LogP contribution in [0, 0.1) is 5.41 Å². The monoisotopic (exact) mass is 164 g/mol. The van der Waals surface area contributed by atoms with Crippen LogP contribution >= 0.6 is 0 Å². The van der Waals surface area contributed by atoms with Gasteiger partial charge in [-0.15, -0.1) is 0 Å². The Bertz CT molecular complexity index is 290. The molecule has 0 amide bonds. The van der Waals surface area contributed by atoms with Crippen molar-refractivity contribution in [3.8, 4) is 0 Å². The second-order valence-corrected chi connectivity index (χ2v) is 4.13. The van der Waals surface area contributed by atoms with Crippen molar-refractivity contribution < 1.29 is 4.79 Å².